The lowest BCUT2D eigenvalue weighted by molar-refractivity contribution is 0.724. The summed E-state index contributed by atoms with van der Waals surface area (Å²) in [7, 11) is 0. The van der Waals surface area contributed by atoms with Crippen LogP contribution in [0, 0.1) is 10.7 Å². The summed E-state index contributed by atoms with van der Waals surface area (Å²) in [5.74, 6) is 0.995. The van der Waals surface area contributed by atoms with Gasteiger partial charge in [0, 0.05) is 6.54 Å². The van der Waals surface area contributed by atoms with Crippen LogP contribution in [0.15, 0.2) is 41.7 Å². The normalized spacial score (nSPS) is 10.2. The molecule has 0 radical (unpaired) electrons. The summed E-state index contributed by atoms with van der Waals surface area (Å²) in [6.07, 6.45) is 1.65. The predicted molar refractivity (Wildman–Crippen MR) is 73.1 cm³/mol. The minimum absolute atomic E-state index is 0.0889. The summed E-state index contributed by atoms with van der Waals surface area (Å²) < 4.78 is 1.56. The van der Waals surface area contributed by atoms with E-state index in [0.717, 1.165) is 11.8 Å². The fourth-order valence-corrected chi connectivity index (χ4v) is 2.15. The summed E-state index contributed by atoms with van der Waals surface area (Å²) in [6, 6.07) is 7.21. The monoisotopic (exact) mass is 257 g/mol. The van der Waals surface area contributed by atoms with Crippen molar-refractivity contribution in [2.45, 2.75) is 12.3 Å². The molecule has 0 unspecified atom stereocenters. The number of fused-ring (bicyclic) bond motifs is 1. The molecule has 0 aliphatic carbocycles. The Kier molecular flexibility index (Phi) is 3.80. The number of rotatable bonds is 4. The smallest absolute Gasteiger partial charge is 0.261 e. The number of hydrogen-bond acceptors (Lipinski definition) is 4. The molecule has 0 atom stereocenters. The van der Waals surface area contributed by atoms with Crippen molar-refractivity contribution in [2.24, 2.45) is 0 Å². The third-order valence-electron chi connectivity index (χ3n) is 2.52. The van der Waals surface area contributed by atoms with E-state index in [1.165, 1.54) is 0 Å². The Bertz CT molecular complexity index is 685. The molecular weight excluding hydrogens is 246 g/mol. The minimum Gasteiger partial charge on any atom is -0.292 e. The van der Waals surface area contributed by atoms with Crippen molar-refractivity contribution in [3.63, 3.8) is 0 Å². The van der Waals surface area contributed by atoms with Gasteiger partial charge < -0.3 is 0 Å². The summed E-state index contributed by atoms with van der Waals surface area (Å²) in [5.41, 5.74) is 0.574. The highest BCUT2D eigenvalue weighted by molar-refractivity contribution is 8.02. The lowest BCUT2D eigenvalue weighted by atomic mass is 10.2. The van der Waals surface area contributed by atoms with Crippen LogP contribution in [-0.4, -0.2) is 9.55 Å². The van der Waals surface area contributed by atoms with Crippen LogP contribution in [0.3, 0.4) is 0 Å². The first-order valence-corrected chi connectivity index (χ1v) is 6.36. The first kappa shape index (κ1) is 12.4. The van der Waals surface area contributed by atoms with Gasteiger partial charge in [-0.3, -0.25) is 9.36 Å². The molecule has 0 amide bonds. The van der Waals surface area contributed by atoms with E-state index < -0.39 is 0 Å². The van der Waals surface area contributed by atoms with Gasteiger partial charge in [0.15, 0.2) is 0 Å². The van der Waals surface area contributed by atoms with Crippen LogP contribution in [0.25, 0.3) is 10.9 Å². The Hall–Kier alpha value is -2.06. The molecule has 0 saturated heterocycles. The maximum Gasteiger partial charge on any atom is 0.261 e. The highest BCUT2D eigenvalue weighted by atomic mass is 32.2. The van der Waals surface area contributed by atoms with Gasteiger partial charge >= 0.3 is 0 Å². The average Bonchev–Trinajstić information content (AvgIpc) is 2.40. The molecule has 0 spiro atoms. The third kappa shape index (κ3) is 2.29. The standard InChI is InChI=1S/C13H11N3OS/c1-2-7-16-12(8-18-9-14)15-11-6-4-3-5-10(11)13(16)17/h2-6H,1,7-8H2. The van der Waals surface area contributed by atoms with Crippen LogP contribution >= 0.6 is 11.8 Å². The number of nitriles is 1. The number of para-hydroxylation sites is 1. The molecule has 18 heavy (non-hydrogen) atoms. The van der Waals surface area contributed by atoms with Crippen molar-refractivity contribution < 1.29 is 0 Å². The highest BCUT2D eigenvalue weighted by Gasteiger charge is 2.09. The molecule has 0 bridgehead atoms. The van der Waals surface area contributed by atoms with Gasteiger partial charge in [-0.1, -0.05) is 18.2 Å². The number of allylic oxidation sites excluding steroid dienone is 1. The second kappa shape index (κ2) is 5.52. The van der Waals surface area contributed by atoms with E-state index in [1.54, 1.807) is 22.8 Å². The summed E-state index contributed by atoms with van der Waals surface area (Å²) >= 11 is 1.07. The number of thiocyanates is 1. The van der Waals surface area contributed by atoms with E-state index in [0.29, 0.717) is 29.0 Å². The number of nitrogens with zero attached hydrogens (tertiary/aromatic N) is 3. The molecule has 0 fully saturated rings. The van der Waals surface area contributed by atoms with Crippen LogP contribution in [0.1, 0.15) is 5.82 Å². The molecule has 1 aromatic heterocycles. The topological polar surface area (TPSA) is 58.7 Å². The van der Waals surface area contributed by atoms with Crippen LogP contribution in [0.5, 0.6) is 0 Å². The number of hydrogen-bond donors (Lipinski definition) is 0. The van der Waals surface area contributed by atoms with E-state index in [9.17, 15) is 4.79 Å². The fraction of sp³-hybridized carbons (Fsp3) is 0.154. The van der Waals surface area contributed by atoms with Crippen LogP contribution in [-0.2, 0) is 12.3 Å². The predicted octanol–water partition coefficient (Wildman–Crippen LogP) is 2.30. The van der Waals surface area contributed by atoms with E-state index >= 15 is 0 Å². The molecule has 2 aromatic rings. The van der Waals surface area contributed by atoms with E-state index in [1.807, 2.05) is 17.5 Å². The number of aromatic nitrogens is 2. The second-order valence-corrected chi connectivity index (χ2v) is 4.39. The molecule has 5 heteroatoms. The molecular formula is C13H11N3OS. The molecule has 0 aliphatic rings. The van der Waals surface area contributed by atoms with Gasteiger partial charge in [0.1, 0.15) is 11.2 Å². The van der Waals surface area contributed by atoms with Crippen LogP contribution in [0.4, 0.5) is 0 Å². The van der Waals surface area contributed by atoms with Gasteiger partial charge in [0.25, 0.3) is 5.56 Å². The average molecular weight is 257 g/mol. The van der Waals surface area contributed by atoms with Gasteiger partial charge in [-0.25, -0.2) is 4.98 Å². The maximum atomic E-state index is 12.3. The maximum absolute atomic E-state index is 12.3. The van der Waals surface area contributed by atoms with Crippen molar-refractivity contribution in [1.29, 1.82) is 5.26 Å². The lowest BCUT2D eigenvalue weighted by Gasteiger charge is -2.10. The number of thioether (sulfide) groups is 1. The molecule has 0 aliphatic heterocycles. The van der Waals surface area contributed by atoms with Crippen molar-refractivity contribution in [1.82, 2.24) is 9.55 Å². The molecule has 2 rings (SSSR count). The van der Waals surface area contributed by atoms with Gasteiger partial charge in [0.05, 0.1) is 16.7 Å². The molecule has 90 valence electrons. The Morgan fingerprint density at radius 1 is 1.50 bits per heavy atom. The minimum atomic E-state index is -0.0889. The molecule has 0 N–H and O–H groups in total. The van der Waals surface area contributed by atoms with Crippen molar-refractivity contribution in [3.05, 3.63) is 53.1 Å². The number of benzene rings is 1. The Balaban J connectivity index is 2.67. The summed E-state index contributed by atoms with van der Waals surface area (Å²) in [4.78, 5) is 16.7. The van der Waals surface area contributed by atoms with Crippen LogP contribution in [0.2, 0.25) is 0 Å². The first-order valence-electron chi connectivity index (χ1n) is 5.38. The second-order valence-electron chi connectivity index (χ2n) is 3.63. The lowest BCUT2D eigenvalue weighted by Crippen LogP contribution is -2.24. The van der Waals surface area contributed by atoms with Gasteiger partial charge in [0.2, 0.25) is 0 Å². The molecule has 4 nitrogen and oxygen atoms in total. The SMILES string of the molecule is C=CCn1c(CSC#N)nc2ccccc2c1=O. The molecule has 0 saturated carbocycles. The van der Waals surface area contributed by atoms with Crippen LogP contribution < -0.4 is 5.56 Å². The van der Waals surface area contributed by atoms with Crippen molar-refractivity contribution in [2.75, 3.05) is 0 Å². The van der Waals surface area contributed by atoms with Gasteiger partial charge in [-0.2, -0.15) is 5.26 Å². The summed E-state index contributed by atoms with van der Waals surface area (Å²) in [5, 5.41) is 11.2. The molecule has 1 heterocycles. The highest BCUT2D eigenvalue weighted by Crippen LogP contribution is 2.12. The first-order chi connectivity index (χ1) is 8.77. The zero-order valence-electron chi connectivity index (χ0n) is 9.67. The molecule has 1 aromatic carbocycles. The van der Waals surface area contributed by atoms with Gasteiger partial charge in [-0.05, 0) is 23.9 Å². The fourth-order valence-electron chi connectivity index (χ4n) is 1.74. The van der Waals surface area contributed by atoms with Gasteiger partial charge in [-0.15, -0.1) is 6.58 Å². The third-order valence-corrected chi connectivity index (χ3v) is 3.05. The quantitative estimate of drug-likeness (QED) is 0.623. The van der Waals surface area contributed by atoms with Crippen molar-refractivity contribution in [3.8, 4) is 5.40 Å². The van der Waals surface area contributed by atoms with E-state index in [2.05, 4.69) is 11.6 Å². The largest absolute Gasteiger partial charge is 0.292 e. The summed E-state index contributed by atoms with van der Waals surface area (Å²) in [6.45, 7) is 4.04. The Morgan fingerprint density at radius 2 is 2.28 bits per heavy atom. The Morgan fingerprint density at radius 3 is 3.00 bits per heavy atom. The van der Waals surface area contributed by atoms with E-state index in [-0.39, 0.29) is 5.56 Å². The van der Waals surface area contributed by atoms with Crippen molar-refractivity contribution >= 4 is 22.7 Å². The zero-order chi connectivity index (χ0) is 13.0. The Labute approximate surface area is 109 Å². The zero-order valence-corrected chi connectivity index (χ0v) is 10.5. The van der Waals surface area contributed by atoms with E-state index in [4.69, 9.17) is 5.26 Å².